The van der Waals surface area contributed by atoms with E-state index in [2.05, 4.69) is 5.32 Å². The summed E-state index contributed by atoms with van der Waals surface area (Å²) >= 11 is 1.56. The maximum atomic E-state index is 12.2. The number of piperidine rings is 1. The molecule has 3 atom stereocenters. The highest BCUT2D eigenvalue weighted by Crippen LogP contribution is 2.29. The lowest BCUT2D eigenvalue weighted by Crippen LogP contribution is -2.54. The molecular formula is C12H15F3N2OS. The normalized spacial score (nSPS) is 28.1. The first-order chi connectivity index (χ1) is 8.88. The average Bonchev–Trinajstić information content (AvgIpc) is 2.83. The van der Waals surface area contributed by atoms with Crippen LogP contribution in [0.5, 0.6) is 0 Å². The van der Waals surface area contributed by atoms with Gasteiger partial charge in [-0.15, -0.1) is 0 Å². The quantitative estimate of drug-likeness (QED) is 0.878. The van der Waals surface area contributed by atoms with E-state index in [0.717, 1.165) is 5.56 Å². The van der Waals surface area contributed by atoms with Gasteiger partial charge in [0.05, 0.1) is 0 Å². The Morgan fingerprint density at radius 3 is 2.84 bits per heavy atom. The van der Waals surface area contributed by atoms with Gasteiger partial charge in [-0.2, -0.15) is 24.5 Å². The molecule has 2 heterocycles. The van der Waals surface area contributed by atoms with E-state index in [0.29, 0.717) is 13.0 Å². The number of alkyl halides is 3. The van der Waals surface area contributed by atoms with Crippen molar-refractivity contribution < 1.29 is 18.0 Å². The van der Waals surface area contributed by atoms with Gasteiger partial charge in [-0.25, -0.2) is 0 Å². The molecule has 1 amide bonds. The van der Waals surface area contributed by atoms with Gasteiger partial charge >= 0.3 is 12.1 Å². The molecule has 1 fully saturated rings. The molecule has 2 rings (SSSR count). The van der Waals surface area contributed by atoms with Crippen molar-refractivity contribution in [3.05, 3.63) is 22.4 Å². The van der Waals surface area contributed by atoms with E-state index in [1.807, 2.05) is 29.1 Å². The molecule has 2 N–H and O–H groups in total. The summed E-state index contributed by atoms with van der Waals surface area (Å²) in [5.41, 5.74) is 1.11. The molecule has 1 aromatic heterocycles. The minimum Gasteiger partial charge on any atom is -0.344 e. The van der Waals surface area contributed by atoms with Gasteiger partial charge in [0.1, 0.15) is 0 Å². The number of carbonyl (C=O) groups is 1. The van der Waals surface area contributed by atoms with Crippen molar-refractivity contribution in [2.24, 2.45) is 0 Å². The topological polar surface area (TPSA) is 41.1 Å². The molecule has 1 aliphatic heterocycles. The molecule has 0 spiro atoms. The Bertz CT molecular complexity index is 433. The van der Waals surface area contributed by atoms with Gasteiger partial charge in [0, 0.05) is 24.5 Å². The fourth-order valence-electron chi connectivity index (χ4n) is 2.35. The molecule has 0 aromatic carbocycles. The molecule has 0 aliphatic carbocycles. The second-order valence-electron chi connectivity index (χ2n) is 4.76. The number of rotatable bonds is 2. The van der Waals surface area contributed by atoms with Crippen LogP contribution in [0.2, 0.25) is 0 Å². The fraction of sp³-hybridized carbons (Fsp3) is 0.583. The minimum atomic E-state index is -4.82. The number of hydrogen-bond donors (Lipinski definition) is 2. The van der Waals surface area contributed by atoms with E-state index < -0.39 is 18.1 Å². The fourth-order valence-corrected chi connectivity index (χ4v) is 3.08. The van der Waals surface area contributed by atoms with Gasteiger partial charge in [-0.05, 0) is 35.7 Å². The van der Waals surface area contributed by atoms with E-state index in [-0.39, 0.29) is 12.0 Å². The summed E-state index contributed by atoms with van der Waals surface area (Å²) in [6, 6.07) is 1.67. The number of carbonyl (C=O) groups excluding carboxylic acids is 1. The van der Waals surface area contributed by atoms with E-state index in [1.165, 1.54) is 0 Å². The highest BCUT2D eigenvalue weighted by Gasteiger charge is 2.41. The van der Waals surface area contributed by atoms with Crippen molar-refractivity contribution in [2.75, 3.05) is 6.54 Å². The zero-order valence-electron chi connectivity index (χ0n) is 10.3. The Morgan fingerprint density at radius 1 is 1.53 bits per heavy atom. The van der Waals surface area contributed by atoms with Gasteiger partial charge in [0.15, 0.2) is 0 Å². The van der Waals surface area contributed by atoms with Crippen LogP contribution in [0.3, 0.4) is 0 Å². The van der Waals surface area contributed by atoms with Crippen LogP contribution in [0.4, 0.5) is 13.2 Å². The summed E-state index contributed by atoms with van der Waals surface area (Å²) in [6.07, 6.45) is -4.30. The molecule has 0 saturated carbocycles. The standard InChI is InChI=1S/C12H15F3N2OS/c1-7-10(8-2-3-19-6-8)4-9(5-16-7)17-11(18)12(13,14)15/h2-3,6-7,9-10,16H,4-5H2,1H3,(H,17,18). The first-order valence-electron chi connectivity index (χ1n) is 6.01. The SMILES string of the molecule is CC1NCC(NC(=O)C(F)(F)F)CC1c1ccsc1. The molecule has 3 unspecified atom stereocenters. The smallest absolute Gasteiger partial charge is 0.344 e. The first kappa shape index (κ1) is 14.3. The molecule has 0 bridgehead atoms. The number of hydrogen-bond acceptors (Lipinski definition) is 3. The molecule has 3 nitrogen and oxygen atoms in total. The molecule has 106 valence electrons. The van der Waals surface area contributed by atoms with Crippen LogP contribution < -0.4 is 10.6 Å². The second kappa shape index (κ2) is 5.50. The lowest BCUT2D eigenvalue weighted by molar-refractivity contribution is -0.174. The van der Waals surface area contributed by atoms with Crippen LogP contribution in [-0.4, -0.2) is 30.7 Å². The van der Waals surface area contributed by atoms with Gasteiger partial charge < -0.3 is 10.6 Å². The summed E-state index contributed by atoms with van der Waals surface area (Å²) in [6.45, 7) is 2.37. The third kappa shape index (κ3) is 3.48. The zero-order valence-corrected chi connectivity index (χ0v) is 11.1. The Kier molecular flexibility index (Phi) is 4.15. The van der Waals surface area contributed by atoms with Crippen molar-refractivity contribution in [3.63, 3.8) is 0 Å². The highest BCUT2D eigenvalue weighted by molar-refractivity contribution is 7.07. The lowest BCUT2D eigenvalue weighted by Gasteiger charge is -2.35. The van der Waals surface area contributed by atoms with Crippen LogP contribution >= 0.6 is 11.3 Å². The van der Waals surface area contributed by atoms with Crippen molar-refractivity contribution in [2.45, 2.75) is 37.5 Å². The van der Waals surface area contributed by atoms with Crippen LogP contribution in [0.1, 0.15) is 24.8 Å². The largest absolute Gasteiger partial charge is 0.471 e. The van der Waals surface area contributed by atoms with Crippen LogP contribution in [0.15, 0.2) is 16.8 Å². The van der Waals surface area contributed by atoms with Crippen molar-refractivity contribution >= 4 is 17.2 Å². The Morgan fingerprint density at radius 2 is 2.26 bits per heavy atom. The maximum Gasteiger partial charge on any atom is 0.471 e. The molecular weight excluding hydrogens is 277 g/mol. The third-order valence-corrected chi connectivity index (χ3v) is 4.09. The first-order valence-corrected chi connectivity index (χ1v) is 6.95. The predicted octanol–water partition coefficient (Wildman–Crippen LogP) is 2.26. The molecule has 19 heavy (non-hydrogen) atoms. The Balaban J connectivity index is 2.00. The predicted molar refractivity (Wildman–Crippen MR) is 67.1 cm³/mol. The van der Waals surface area contributed by atoms with Crippen molar-refractivity contribution in [1.82, 2.24) is 10.6 Å². The summed E-state index contributed by atoms with van der Waals surface area (Å²) in [4.78, 5) is 10.9. The second-order valence-corrected chi connectivity index (χ2v) is 5.54. The summed E-state index contributed by atoms with van der Waals surface area (Å²) < 4.78 is 36.7. The van der Waals surface area contributed by atoms with Gasteiger partial charge in [-0.1, -0.05) is 0 Å². The third-order valence-electron chi connectivity index (χ3n) is 3.39. The van der Waals surface area contributed by atoms with Crippen LogP contribution in [0.25, 0.3) is 0 Å². The maximum absolute atomic E-state index is 12.2. The highest BCUT2D eigenvalue weighted by atomic mass is 32.1. The van der Waals surface area contributed by atoms with E-state index in [1.54, 1.807) is 11.3 Å². The van der Waals surface area contributed by atoms with Crippen LogP contribution in [-0.2, 0) is 4.79 Å². The van der Waals surface area contributed by atoms with Crippen molar-refractivity contribution in [1.29, 1.82) is 0 Å². The molecule has 1 aromatic rings. The van der Waals surface area contributed by atoms with E-state index in [9.17, 15) is 18.0 Å². The Hall–Kier alpha value is -1.08. The van der Waals surface area contributed by atoms with E-state index >= 15 is 0 Å². The van der Waals surface area contributed by atoms with Crippen LogP contribution in [0, 0.1) is 0 Å². The van der Waals surface area contributed by atoms with Gasteiger partial charge in [0.25, 0.3) is 0 Å². The molecule has 1 aliphatic rings. The van der Waals surface area contributed by atoms with Crippen molar-refractivity contribution in [3.8, 4) is 0 Å². The summed E-state index contributed by atoms with van der Waals surface area (Å²) in [5.74, 6) is -1.74. The summed E-state index contributed by atoms with van der Waals surface area (Å²) in [5, 5.41) is 9.14. The minimum absolute atomic E-state index is 0.124. The molecule has 1 saturated heterocycles. The monoisotopic (exact) mass is 292 g/mol. The zero-order chi connectivity index (χ0) is 14.0. The average molecular weight is 292 g/mol. The Labute approximate surface area is 113 Å². The molecule has 0 radical (unpaired) electrons. The number of amides is 1. The van der Waals surface area contributed by atoms with E-state index in [4.69, 9.17) is 0 Å². The van der Waals surface area contributed by atoms with Gasteiger partial charge in [-0.3, -0.25) is 4.79 Å². The number of thiophene rings is 1. The van der Waals surface area contributed by atoms with Gasteiger partial charge in [0.2, 0.25) is 0 Å². The lowest BCUT2D eigenvalue weighted by atomic mass is 9.85. The number of halogens is 3. The molecule has 7 heteroatoms. The summed E-state index contributed by atoms with van der Waals surface area (Å²) in [7, 11) is 0. The number of nitrogens with one attached hydrogen (secondary N) is 2.